The molecule has 4 aliphatic carbocycles. The second kappa shape index (κ2) is 8.91. The first-order valence-corrected chi connectivity index (χ1v) is 13.5. The number of nitrogens with zero attached hydrogens (tertiary/aromatic N) is 3. The highest BCUT2D eigenvalue weighted by atomic mass is 32.2. The summed E-state index contributed by atoms with van der Waals surface area (Å²) in [4.78, 5) is 13.0. The highest BCUT2D eigenvalue weighted by Gasteiger charge is 2.53. The van der Waals surface area contributed by atoms with Gasteiger partial charge in [-0.25, -0.2) is 0 Å². The lowest BCUT2D eigenvalue weighted by Gasteiger charge is -2.59. The lowest BCUT2D eigenvalue weighted by Crippen LogP contribution is -2.56. The van der Waals surface area contributed by atoms with E-state index in [9.17, 15) is 4.79 Å². The zero-order valence-electron chi connectivity index (χ0n) is 19.7. The highest BCUT2D eigenvalue weighted by molar-refractivity contribution is 7.99. The summed E-state index contributed by atoms with van der Waals surface area (Å²) in [5, 5.41) is 13.0. The average Bonchev–Trinajstić information content (AvgIpc) is 3.48. The zero-order chi connectivity index (χ0) is 23.1. The summed E-state index contributed by atoms with van der Waals surface area (Å²) in [6.45, 7) is 2.76. The van der Waals surface area contributed by atoms with Gasteiger partial charge in [0.25, 0.3) is 0 Å². The van der Waals surface area contributed by atoms with Gasteiger partial charge in [-0.15, -0.1) is 10.2 Å². The summed E-state index contributed by atoms with van der Waals surface area (Å²) in [7, 11) is 0. The van der Waals surface area contributed by atoms with Crippen LogP contribution in [0.5, 0.6) is 0 Å². The number of hydrogen-bond acceptors (Lipinski definition) is 5. The van der Waals surface area contributed by atoms with E-state index < -0.39 is 0 Å². The predicted octanol–water partition coefficient (Wildman–Crippen LogP) is 5.40. The number of carbonyl (C=O) groups excluding carboxylic acids is 1. The number of amides is 1. The molecule has 6 nitrogen and oxygen atoms in total. The molecule has 4 saturated carbocycles. The minimum Gasteiger partial charge on any atom is -0.467 e. The standard InChI is InChI=1S/C27H32N4O2S/c1-18(27-13-19-10-20(14-27)12-21(11-19)15-27)28-24(32)17-34-26-30-29-25(22-6-3-2-4-7-22)31(26)16-23-8-5-9-33-23/h2-9,18-21H,10-17H2,1H3,(H,28,32)/t18-,19?,20?,21?,27?/m1/s1. The molecular weight excluding hydrogens is 444 g/mol. The second-order valence-electron chi connectivity index (χ2n) is 10.7. The van der Waals surface area contributed by atoms with Gasteiger partial charge in [0, 0.05) is 11.6 Å². The average molecular weight is 477 g/mol. The number of hydrogen-bond donors (Lipinski definition) is 1. The van der Waals surface area contributed by atoms with Crippen molar-refractivity contribution in [3.05, 3.63) is 54.5 Å². The van der Waals surface area contributed by atoms with E-state index in [2.05, 4.69) is 22.4 Å². The van der Waals surface area contributed by atoms with Crippen LogP contribution in [0.1, 0.15) is 51.2 Å². The predicted molar refractivity (Wildman–Crippen MR) is 132 cm³/mol. The molecule has 4 fully saturated rings. The van der Waals surface area contributed by atoms with Crippen molar-refractivity contribution in [2.24, 2.45) is 23.2 Å². The molecular formula is C27H32N4O2S. The van der Waals surface area contributed by atoms with E-state index in [4.69, 9.17) is 4.42 Å². The molecule has 4 aliphatic rings. The smallest absolute Gasteiger partial charge is 0.230 e. The Balaban J connectivity index is 1.14. The fraction of sp³-hybridized carbons (Fsp3) is 0.519. The Morgan fingerprint density at radius 3 is 2.44 bits per heavy atom. The summed E-state index contributed by atoms with van der Waals surface area (Å²) >= 11 is 1.45. The van der Waals surface area contributed by atoms with Crippen molar-refractivity contribution < 1.29 is 9.21 Å². The van der Waals surface area contributed by atoms with Crippen LogP contribution in [0.3, 0.4) is 0 Å². The molecule has 0 radical (unpaired) electrons. The van der Waals surface area contributed by atoms with Gasteiger partial charge >= 0.3 is 0 Å². The third-order valence-corrected chi connectivity index (χ3v) is 9.32. The molecule has 2 heterocycles. The summed E-state index contributed by atoms with van der Waals surface area (Å²) in [5.41, 5.74) is 1.31. The molecule has 3 aromatic rings. The Morgan fingerprint density at radius 1 is 1.09 bits per heavy atom. The first kappa shape index (κ1) is 22.0. The van der Waals surface area contributed by atoms with Crippen LogP contribution in [-0.4, -0.2) is 32.5 Å². The zero-order valence-corrected chi connectivity index (χ0v) is 20.5. The van der Waals surface area contributed by atoms with E-state index in [1.807, 2.05) is 47.0 Å². The Hall–Kier alpha value is -2.54. The lowest BCUT2D eigenvalue weighted by atomic mass is 9.48. The van der Waals surface area contributed by atoms with Gasteiger partial charge in [-0.2, -0.15) is 0 Å². The van der Waals surface area contributed by atoms with Crippen LogP contribution in [-0.2, 0) is 11.3 Å². The topological polar surface area (TPSA) is 73.0 Å². The van der Waals surface area contributed by atoms with Crippen molar-refractivity contribution in [1.82, 2.24) is 20.1 Å². The van der Waals surface area contributed by atoms with E-state index in [-0.39, 0.29) is 11.9 Å². The Labute approximate surface area is 204 Å². The van der Waals surface area contributed by atoms with Crippen LogP contribution in [0.15, 0.2) is 58.3 Å². The first-order chi connectivity index (χ1) is 16.6. The van der Waals surface area contributed by atoms with E-state index >= 15 is 0 Å². The summed E-state index contributed by atoms with van der Waals surface area (Å²) in [6.07, 6.45) is 9.83. The molecule has 0 saturated heterocycles. The van der Waals surface area contributed by atoms with Crippen LogP contribution in [0, 0.1) is 23.2 Å². The Morgan fingerprint density at radius 2 is 1.79 bits per heavy atom. The maximum Gasteiger partial charge on any atom is 0.230 e. The van der Waals surface area contributed by atoms with Crippen molar-refractivity contribution in [3.63, 3.8) is 0 Å². The SMILES string of the molecule is C[C@@H](NC(=O)CSc1nnc(-c2ccccc2)n1Cc1ccco1)C12CC3CC(CC(C3)C1)C2. The van der Waals surface area contributed by atoms with Gasteiger partial charge in [0.1, 0.15) is 5.76 Å². The number of benzene rings is 1. The Bertz CT molecular complexity index is 1110. The number of nitrogens with one attached hydrogen (secondary N) is 1. The minimum absolute atomic E-state index is 0.0852. The fourth-order valence-corrected chi connectivity index (χ4v) is 7.92. The summed E-state index contributed by atoms with van der Waals surface area (Å²) in [6, 6.07) is 14.1. The van der Waals surface area contributed by atoms with E-state index in [1.54, 1.807) is 6.26 Å². The summed E-state index contributed by atoms with van der Waals surface area (Å²) < 4.78 is 7.62. The normalized spacial score (nSPS) is 28.2. The number of thioether (sulfide) groups is 1. The molecule has 0 aliphatic heterocycles. The molecule has 2 aromatic heterocycles. The van der Waals surface area contributed by atoms with Crippen LogP contribution < -0.4 is 5.32 Å². The minimum atomic E-state index is 0.0852. The molecule has 1 amide bonds. The number of furan rings is 1. The highest BCUT2D eigenvalue weighted by Crippen LogP contribution is 2.61. The molecule has 7 heteroatoms. The van der Waals surface area contributed by atoms with Gasteiger partial charge in [-0.1, -0.05) is 42.1 Å². The van der Waals surface area contributed by atoms with Crippen molar-refractivity contribution in [2.75, 3.05) is 5.75 Å². The molecule has 0 spiro atoms. The third kappa shape index (κ3) is 4.19. The van der Waals surface area contributed by atoms with Crippen LogP contribution in [0.25, 0.3) is 11.4 Å². The molecule has 34 heavy (non-hydrogen) atoms. The van der Waals surface area contributed by atoms with Gasteiger partial charge in [0.2, 0.25) is 5.91 Å². The van der Waals surface area contributed by atoms with Crippen LogP contribution in [0.4, 0.5) is 0 Å². The quantitative estimate of drug-likeness (QED) is 0.441. The molecule has 7 rings (SSSR count). The lowest BCUT2D eigenvalue weighted by molar-refractivity contribution is -0.123. The van der Waals surface area contributed by atoms with E-state index in [0.29, 0.717) is 17.7 Å². The van der Waals surface area contributed by atoms with Gasteiger partial charge < -0.3 is 9.73 Å². The largest absolute Gasteiger partial charge is 0.467 e. The molecule has 1 atom stereocenters. The molecule has 1 aromatic carbocycles. The van der Waals surface area contributed by atoms with Gasteiger partial charge in [0.05, 0.1) is 18.6 Å². The maximum absolute atomic E-state index is 13.0. The van der Waals surface area contributed by atoms with Gasteiger partial charge in [-0.05, 0) is 80.8 Å². The molecule has 4 bridgehead atoms. The fourth-order valence-electron chi connectivity index (χ4n) is 7.17. The van der Waals surface area contributed by atoms with E-state index in [1.165, 1.54) is 50.3 Å². The second-order valence-corrected chi connectivity index (χ2v) is 11.6. The van der Waals surface area contributed by atoms with Crippen LogP contribution in [0.2, 0.25) is 0 Å². The monoisotopic (exact) mass is 476 g/mol. The molecule has 1 N–H and O–H groups in total. The van der Waals surface area contributed by atoms with Crippen molar-refractivity contribution in [2.45, 2.75) is 63.2 Å². The summed E-state index contributed by atoms with van der Waals surface area (Å²) in [5.74, 6) is 4.69. The van der Waals surface area contributed by atoms with E-state index in [0.717, 1.165) is 40.1 Å². The number of aromatic nitrogens is 3. The molecule has 178 valence electrons. The van der Waals surface area contributed by atoms with Crippen LogP contribution >= 0.6 is 11.8 Å². The van der Waals surface area contributed by atoms with Gasteiger partial charge in [0.15, 0.2) is 11.0 Å². The van der Waals surface area contributed by atoms with Crippen molar-refractivity contribution >= 4 is 17.7 Å². The number of rotatable bonds is 8. The Kier molecular flexibility index (Phi) is 5.76. The molecule has 0 unspecified atom stereocenters. The van der Waals surface area contributed by atoms with Crippen molar-refractivity contribution in [1.29, 1.82) is 0 Å². The van der Waals surface area contributed by atoms with Gasteiger partial charge in [-0.3, -0.25) is 9.36 Å². The number of carbonyl (C=O) groups is 1. The maximum atomic E-state index is 13.0. The third-order valence-electron chi connectivity index (χ3n) is 8.36. The van der Waals surface area contributed by atoms with Crippen molar-refractivity contribution in [3.8, 4) is 11.4 Å². The first-order valence-electron chi connectivity index (χ1n) is 12.5.